The number of nitrogens with one attached hydrogen (secondary N) is 2. The number of carbonyl (C=O) groups excluding carboxylic acids is 1. The Kier molecular flexibility index (Phi) is 7.32. The van der Waals surface area contributed by atoms with E-state index in [1.54, 1.807) is 6.26 Å². The van der Waals surface area contributed by atoms with Gasteiger partial charge in [-0.3, -0.25) is 4.21 Å². The van der Waals surface area contributed by atoms with Gasteiger partial charge in [-0.1, -0.05) is 19.3 Å². The summed E-state index contributed by atoms with van der Waals surface area (Å²) in [7, 11) is -0.767. The Bertz CT molecular complexity index is 278. The first kappa shape index (κ1) is 15.5. The maximum Gasteiger partial charge on any atom is 0.315 e. The van der Waals surface area contributed by atoms with Gasteiger partial charge in [-0.15, -0.1) is 0 Å². The minimum atomic E-state index is -0.767. The predicted octanol–water partition coefficient (Wildman–Crippen LogP) is 2.02. The molecule has 0 aromatic carbocycles. The van der Waals surface area contributed by atoms with Crippen molar-refractivity contribution in [2.24, 2.45) is 5.92 Å². The maximum atomic E-state index is 11.6. The van der Waals surface area contributed by atoms with Crippen molar-refractivity contribution < 1.29 is 9.00 Å². The zero-order valence-corrected chi connectivity index (χ0v) is 12.4. The highest BCUT2D eigenvalue weighted by molar-refractivity contribution is 7.84. The van der Waals surface area contributed by atoms with E-state index in [-0.39, 0.29) is 12.1 Å². The summed E-state index contributed by atoms with van der Waals surface area (Å²) in [4.78, 5) is 11.6. The fraction of sp³-hybridized carbons (Fsp3) is 0.923. The molecule has 0 saturated heterocycles. The summed E-state index contributed by atoms with van der Waals surface area (Å²) in [5.41, 5.74) is 0. The standard InChI is InChI=1S/C13H26N2O2S/c1-11(12-7-4-3-5-8-12)15-13(16)14-9-6-10-18(2)17/h11-12H,3-10H2,1-2H3,(H2,14,15,16). The van der Waals surface area contributed by atoms with Crippen LogP contribution in [0.4, 0.5) is 4.79 Å². The van der Waals surface area contributed by atoms with Gasteiger partial charge in [0, 0.05) is 35.4 Å². The summed E-state index contributed by atoms with van der Waals surface area (Å²) in [6.45, 7) is 2.69. The second-order valence-corrected chi connectivity index (χ2v) is 6.77. The van der Waals surface area contributed by atoms with Crippen molar-refractivity contribution >= 4 is 16.8 Å². The van der Waals surface area contributed by atoms with Crippen LogP contribution in [-0.4, -0.2) is 34.8 Å². The van der Waals surface area contributed by atoms with Gasteiger partial charge in [-0.2, -0.15) is 0 Å². The third-order valence-electron chi connectivity index (χ3n) is 3.61. The molecule has 2 N–H and O–H groups in total. The van der Waals surface area contributed by atoms with Gasteiger partial charge in [-0.05, 0) is 32.1 Å². The minimum Gasteiger partial charge on any atom is -0.338 e. The molecule has 1 aliphatic rings. The molecule has 0 radical (unpaired) electrons. The molecule has 106 valence electrons. The molecular formula is C13H26N2O2S. The van der Waals surface area contributed by atoms with E-state index < -0.39 is 10.8 Å². The SMILES string of the molecule is CC(NC(=O)NCCCS(C)=O)C1CCCCC1. The lowest BCUT2D eigenvalue weighted by molar-refractivity contribution is 0.225. The van der Waals surface area contributed by atoms with Crippen LogP contribution in [0.1, 0.15) is 45.4 Å². The lowest BCUT2D eigenvalue weighted by Gasteiger charge is -2.28. The molecule has 0 aromatic rings. The second kappa shape index (κ2) is 8.51. The first-order chi connectivity index (χ1) is 8.59. The number of urea groups is 1. The Morgan fingerprint density at radius 3 is 2.61 bits per heavy atom. The molecule has 2 amide bonds. The number of rotatable bonds is 6. The summed E-state index contributed by atoms with van der Waals surface area (Å²) < 4.78 is 10.9. The third-order valence-corrected chi connectivity index (χ3v) is 4.47. The van der Waals surface area contributed by atoms with Crippen molar-refractivity contribution in [3.8, 4) is 0 Å². The van der Waals surface area contributed by atoms with E-state index in [1.165, 1.54) is 32.1 Å². The second-order valence-electron chi connectivity index (χ2n) is 5.22. The van der Waals surface area contributed by atoms with Crippen molar-refractivity contribution in [3.05, 3.63) is 0 Å². The first-order valence-electron chi connectivity index (χ1n) is 6.94. The van der Waals surface area contributed by atoms with Gasteiger partial charge < -0.3 is 10.6 Å². The van der Waals surface area contributed by atoms with Crippen LogP contribution in [-0.2, 0) is 10.8 Å². The average Bonchev–Trinajstić information content (AvgIpc) is 2.35. The number of hydrogen-bond acceptors (Lipinski definition) is 2. The molecule has 1 fully saturated rings. The Morgan fingerprint density at radius 1 is 1.33 bits per heavy atom. The lowest BCUT2D eigenvalue weighted by Crippen LogP contribution is -2.44. The largest absolute Gasteiger partial charge is 0.338 e. The van der Waals surface area contributed by atoms with Crippen molar-refractivity contribution in [3.63, 3.8) is 0 Å². The van der Waals surface area contributed by atoms with E-state index in [1.807, 2.05) is 0 Å². The fourth-order valence-electron chi connectivity index (χ4n) is 2.49. The monoisotopic (exact) mass is 274 g/mol. The predicted molar refractivity (Wildman–Crippen MR) is 76.1 cm³/mol. The Morgan fingerprint density at radius 2 is 2.00 bits per heavy atom. The van der Waals surface area contributed by atoms with E-state index in [4.69, 9.17) is 0 Å². The van der Waals surface area contributed by atoms with E-state index in [9.17, 15) is 9.00 Å². The molecule has 2 unspecified atom stereocenters. The molecule has 1 saturated carbocycles. The van der Waals surface area contributed by atoms with Crippen LogP contribution in [0, 0.1) is 5.92 Å². The van der Waals surface area contributed by atoms with Crippen LogP contribution >= 0.6 is 0 Å². The molecular weight excluding hydrogens is 248 g/mol. The normalized spacial score (nSPS) is 20.1. The Balaban J connectivity index is 2.12. The molecule has 0 bridgehead atoms. The maximum absolute atomic E-state index is 11.6. The van der Waals surface area contributed by atoms with Gasteiger partial charge in [-0.25, -0.2) is 4.79 Å². The van der Waals surface area contributed by atoms with Crippen molar-refractivity contribution in [1.29, 1.82) is 0 Å². The Hall–Kier alpha value is -0.580. The Labute approximate surface area is 113 Å². The first-order valence-corrected chi connectivity index (χ1v) is 8.66. The zero-order chi connectivity index (χ0) is 13.4. The van der Waals surface area contributed by atoms with Crippen LogP contribution in [0.2, 0.25) is 0 Å². The summed E-state index contributed by atoms with van der Waals surface area (Å²) in [5, 5.41) is 5.84. The van der Waals surface area contributed by atoms with Crippen molar-refractivity contribution in [2.45, 2.75) is 51.5 Å². The molecule has 5 heteroatoms. The fourth-order valence-corrected chi connectivity index (χ4v) is 3.04. The van der Waals surface area contributed by atoms with Crippen LogP contribution in [0.3, 0.4) is 0 Å². The molecule has 2 atom stereocenters. The van der Waals surface area contributed by atoms with Gasteiger partial charge >= 0.3 is 6.03 Å². The van der Waals surface area contributed by atoms with E-state index in [0.29, 0.717) is 18.2 Å². The van der Waals surface area contributed by atoms with Gasteiger partial charge in [0.2, 0.25) is 0 Å². The van der Waals surface area contributed by atoms with Gasteiger partial charge in [0.15, 0.2) is 0 Å². The topological polar surface area (TPSA) is 58.2 Å². The quantitative estimate of drug-likeness (QED) is 0.728. The summed E-state index contributed by atoms with van der Waals surface area (Å²) >= 11 is 0. The summed E-state index contributed by atoms with van der Waals surface area (Å²) in [6.07, 6.45) is 8.84. The highest BCUT2D eigenvalue weighted by Crippen LogP contribution is 2.26. The van der Waals surface area contributed by atoms with Crippen molar-refractivity contribution in [2.75, 3.05) is 18.6 Å². The third kappa shape index (κ3) is 6.38. The average molecular weight is 274 g/mol. The van der Waals surface area contributed by atoms with Crippen LogP contribution in [0.15, 0.2) is 0 Å². The highest BCUT2D eigenvalue weighted by Gasteiger charge is 2.21. The number of carbonyl (C=O) groups is 1. The van der Waals surface area contributed by atoms with Crippen LogP contribution < -0.4 is 10.6 Å². The highest BCUT2D eigenvalue weighted by atomic mass is 32.2. The smallest absolute Gasteiger partial charge is 0.315 e. The number of amides is 2. The van der Waals surface area contributed by atoms with E-state index >= 15 is 0 Å². The van der Waals surface area contributed by atoms with Gasteiger partial charge in [0.05, 0.1) is 0 Å². The van der Waals surface area contributed by atoms with E-state index in [2.05, 4.69) is 17.6 Å². The molecule has 4 nitrogen and oxygen atoms in total. The molecule has 0 heterocycles. The summed E-state index contributed by atoms with van der Waals surface area (Å²) in [6, 6.07) is 0.167. The minimum absolute atomic E-state index is 0.0880. The van der Waals surface area contributed by atoms with Crippen molar-refractivity contribution in [1.82, 2.24) is 10.6 Å². The van der Waals surface area contributed by atoms with E-state index in [0.717, 1.165) is 6.42 Å². The molecule has 18 heavy (non-hydrogen) atoms. The lowest BCUT2D eigenvalue weighted by atomic mass is 9.85. The molecule has 0 aliphatic heterocycles. The number of hydrogen-bond donors (Lipinski definition) is 2. The molecule has 1 rings (SSSR count). The molecule has 1 aliphatic carbocycles. The molecule has 0 aromatic heterocycles. The van der Waals surface area contributed by atoms with Gasteiger partial charge in [0.25, 0.3) is 0 Å². The summed E-state index contributed by atoms with van der Waals surface area (Å²) in [5.74, 6) is 1.28. The van der Waals surface area contributed by atoms with Crippen LogP contribution in [0.5, 0.6) is 0 Å². The van der Waals surface area contributed by atoms with Gasteiger partial charge in [0.1, 0.15) is 0 Å². The zero-order valence-electron chi connectivity index (χ0n) is 11.5. The molecule has 0 spiro atoms. The van der Waals surface area contributed by atoms with Crippen LogP contribution in [0.25, 0.3) is 0 Å².